The molecule has 142 valence electrons. The normalized spacial score (nSPS) is 11.7. The SMILES string of the molecule is C(=C\c1ccc2ccccc2c1)/c1ccc(/C=C/c2ccc3ccccc3c2)cc1. The standard InChI is InChI=1S/C30H22/c1-3-7-29-21-25(17-19-27(29)5-1)15-13-23-9-11-24(12-10-23)14-16-26-18-20-28-6-2-4-8-30(28)22-26/h1-22H/b15-13+,16-14+. The summed E-state index contributed by atoms with van der Waals surface area (Å²) >= 11 is 0. The Balaban J connectivity index is 1.30. The molecular formula is C30H22. The van der Waals surface area contributed by atoms with Crippen molar-refractivity contribution in [3.8, 4) is 0 Å². The average molecular weight is 383 g/mol. The summed E-state index contributed by atoms with van der Waals surface area (Å²) in [7, 11) is 0. The molecule has 0 atom stereocenters. The van der Waals surface area contributed by atoms with Crippen molar-refractivity contribution in [2.45, 2.75) is 0 Å². The van der Waals surface area contributed by atoms with Gasteiger partial charge in [-0.1, -0.05) is 121 Å². The molecule has 0 spiro atoms. The fraction of sp³-hybridized carbons (Fsp3) is 0. The summed E-state index contributed by atoms with van der Waals surface area (Å²) in [5.41, 5.74) is 4.83. The third-order valence-corrected chi connectivity index (χ3v) is 5.42. The van der Waals surface area contributed by atoms with Crippen molar-refractivity contribution in [2.24, 2.45) is 0 Å². The van der Waals surface area contributed by atoms with E-state index < -0.39 is 0 Å². The first kappa shape index (κ1) is 18.1. The average Bonchev–Trinajstić information content (AvgIpc) is 2.82. The molecule has 0 saturated heterocycles. The number of hydrogen-bond acceptors (Lipinski definition) is 0. The third kappa shape index (κ3) is 4.09. The molecule has 0 aliphatic heterocycles. The molecule has 0 heterocycles. The second-order valence-electron chi connectivity index (χ2n) is 7.55. The molecule has 0 radical (unpaired) electrons. The number of rotatable bonds is 4. The Morgan fingerprint density at radius 3 is 1.07 bits per heavy atom. The van der Waals surface area contributed by atoms with E-state index in [0.29, 0.717) is 0 Å². The van der Waals surface area contributed by atoms with Crippen LogP contribution in [0.3, 0.4) is 0 Å². The number of hydrogen-bond donors (Lipinski definition) is 0. The molecule has 5 rings (SSSR count). The van der Waals surface area contributed by atoms with E-state index in [0.717, 1.165) is 0 Å². The molecule has 5 aromatic rings. The molecule has 0 aliphatic rings. The van der Waals surface area contributed by atoms with E-state index in [-0.39, 0.29) is 0 Å². The largest absolute Gasteiger partial charge is 0.0616 e. The van der Waals surface area contributed by atoms with Crippen LogP contribution in [-0.2, 0) is 0 Å². The van der Waals surface area contributed by atoms with Crippen LogP contribution < -0.4 is 0 Å². The molecule has 0 aliphatic carbocycles. The Labute approximate surface area is 177 Å². The molecule has 0 aromatic heterocycles. The van der Waals surface area contributed by atoms with E-state index in [1.54, 1.807) is 0 Å². The smallest absolute Gasteiger partial charge is 0.0178 e. The highest BCUT2D eigenvalue weighted by molar-refractivity contribution is 5.87. The summed E-state index contributed by atoms with van der Waals surface area (Å²) in [6, 6.07) is 38.7. The van der Waals surface area contributed by atoms with Gasteiger partial charge in [-0.25, -0.2) is 0 Å². The molecule has 0 nitrogen and oxygen atoms in total. The molecule has 0 unspecified atom stereocenters. The fourth-order valence-electron chi connectivity index (χ4n) is 3.73. The van der Waals surface area contributed by atoms with Crippen molar-refractivity contribution in [3.05, 3.63) is 131 Å². The predicted octanol–water partition coefficient (Wildman–Crippen LogP) is 8.33. The monoisotopic (exact) mass is 382 g/mol. The first-order valence-corrected chi connectivity index (χ1v) is 10.3. The van der Waals surface area contributed by atoms with Crippen molar-refractivity contribution in [3.63, 3.8) is 0 Å². The van der Waals surface area contributed by atoms with Gasteiger partial charge in [0.05, 0.1) is 0 Å². The van der Waals surface area contributed by atoms with Gasteiger partial charge in [-0.15, -0.1) is 0 Å². The topological polar surface area (TPSA) is 0 Å². The molecule has 5 aromatic carbocycles. The fourth-order valence-corrected chi connectivity index (χ4v) is 3.73. The Kier molecular flexibility index (Phi) is 4.98. The zero-order valence-electron chi connectivity index (χ0n) is 16.7. The van der Waals surface area contributed by atoms with Gasteiger partial charge in [0.2, 0.25) is 0 Å². The quantitative estimate of drug-likeness (QED) is 0.274. The van der Waals surface area contributed by atoms with Gasteiger partial charge in [-0.2, -0.15) is 0 Å². The van der Waals surface area contributed by atoms with Crippen LogP contribution in [0.15, 0.2) is 109 Å². The summed E-state index contributed by atoms with van der Waals surface area (Å²) in [5, 5.41) is 5.09. The van der Waals surface area contributed by atoms with E-state index in [4.69, 9.17) is 0 Å². The van der Waals surface area contributed by atoms with Gasteiger partial charge in [0, 0.05) is 0 Å². The molecular weight excluding hydrogens is 360 g/mol. The zero-order valence-corrected chi connectivity index (χ0v) is 16.7. The van der Waals surface area contributed by atoms with Gasteiger partial charge in [0.1, 0.15) is 0 Å². The highest BCUT2D eigenvalue weighted by atomic mass is 14.0. The number of fused-ring (bicyclic) bond motifs is 2. The van der Waals surface area contributed by atoms with Crippen LogP contribution >= 0.6 is 0 Å². The summed E-state index contributed by atoms with van der Waals surface area (Å²) in [6.07, 6.45) is 8.68. The van der Waals surface area contributed by atoms with Crippen molar-refractivity contribution in [1.29, 1.82) is 0 Å². The third-order valence-electron chi connectivity index (χ3n) is 5.42. The van der Waals surface area contributed by atoms with Crippen LogP contribution in [0.2, 0.25) is 0 Å². The lowest BCUT2D eigenvalue weighted by molar-refractivity contribution is 1.62. The first-order chi connectivity index (χ1) is 14.8. The van der Waals surface area contributed by atoms with Crippen molar-refractivity contribution in [2.75, 3.05) is 0 Å². The van der Waals surface area contributed by atoms with Crippen LogP contribution in [-0.4, -0.2) is 0 Å². The Morgan fingerprint density at radius 2 is 0.633 bits per heavy atom. The molecule has 0 fully saturated rings. The van der Waals surface area contributed by atoms with Gasteiger partial charge in [0.25, 0.3) is 0 Å². The maximum Gasteiger partial charge on any atom is -0.0178 e. The lowest BCUT2D eigenvalue weighted by Crippen LogP contribution is -1.78. The van der Waals surface area contributed by atoms with E-state index in [2.05, 4.69) is 133 Å². The molecule has 0 amide bonds. The predicted molar refractivity (Wildman–Crippen MR) is 132 cm³/mol. The van der Waals surface area contributed by atoms with E-state index in [9.17, 15) is 0 Å². The van der Waals surface area contributed by atoms with Crippen LogP contribution in [0, 0.1) is 0 Å². The summed E-state index contributed by atoms with van der Waals surface area (Å²) in [4.78, 5) is 0. The van der Waals surface area contributed by atoms with Gasteiger partial charge < -0.3 is 0 Å². The minimum Gasteiger partial charge on any atom is -0.0616 e. The minimum atomic E-state index is 1.20. The Morgan fingerprint density at radius 1 is 0.300 bits per heavy atom. The summed E-state index contributed by atoms with van der Waals surface area (Å²) in [5.74, 6) is 0. The van der Waals surface area contributed by atoms with Crippen molar-refractivity contribution >= 4 is 45.8 Å². The lowest BCUT2D eigenvalue weighted by atomic mass is 10.0. The number of benzene rings is 5. The van der Waals surface area contributed by atoms with E-state index in [1.807, 2.05) is 0 Å². The second-order valence-corrected chi connectivity index (χ2v) is 7.55. The molecule has 0 bridgehead atoms. The highest BCUT2D eigenvalue weighted by Gasteiger charge is 1.95. The van der Waals surface area contributed by atoms with Crippen LogP contribution in [0.5, 0.6) is 0 Å². The minimum absolute atomic E-state index is 1.20. The zero-order chi connectivity index (χ0) is 20.2. The van der Waals surface area contributed by atoms with Gasteiger partial charge in [-0.05, 0) is 55.9 Å². The summed E-state index contributed by atoms with van der Waals surface area (Å²) in [6.45, 7) is 0. The van der Waals surface area contributed by atoms with Crippen molar-refractivity contribution < 1.29 is 0 Å². The summed E-state index contributed by atoms with van der Waals surface area (Å²) < 4.78 is 0. The Hall–Kier alpha value is -3.90. The van der Waals surface area contributed by atoms with Crippen LogP contribution in [0.4, 0.5) is 0 Å². The first-order valence-electron chi connectivity index (χ1n) is 10.3. The van der Waals surface area contributed by atoms with E-state index in [1.165, 1.54) is 43.8 Å². The van der Waals surface area contributed by atoms with Crippen LogP contribution in [0.1, 0.15) is 22.3 Å². The molecule has 30 heavy (non-hydrogen) atoms. The molecule has 0 N–H and O–H groups in total. The highest BCUT2D eigenvalue weighted by Crippen LogP contribution is 2.19. The molecule has 0 heteroatoms. The van der Waals surface area contributed by atoms with E-state index >= 15 is 0 Å². The van der Waals surface area contributed by atoms with Crippen LogP contribution in [0.25, 0.3) is 45.8 Å². The second kappa shape index (κ2) is 8.23. The van der Waals surface area contributed by atoms with Gasteiger partial charge >= 0.3 is 0 Å². The van der Waals surface area contributed by atoms with Gasteiger partial charge in [0.15, 0.2) is 0 Å². The van der Waals surface area contributed by atoms with Gasteiger partial charge in [-0.3, -0.25) is 0 Å². The van der Waals surface area contributed by atoms with Crippen molar-refractivity contribution in [1.82, 2.24) is 0 Å². The maximum absolute atomic E-state index is 2.23. The Bertz CT molecular complexity index is 1260. The lowest BCUT2D eigenvalue weighted by Gasteiger charge is -2.01. The molecule has 0 saturated carbocycles. The maximum atomic E-state index is 2.23.